The highest BCUT2D eigenvalue weighted by Crippen LogP contribution is 2.16. The first-order chi connectivity index (χ1) is 19.7. The van der Waals surface area contributed by atoms with Crippen LogP contribution in [0.15, 0.2) is 0 Å². The molecule has 0 aliphatic carbocycles. The highest BCUT2D eigenvalue weighted by molar-refractivity contribution is 5.76. The van der Waals surface area contributed by atoms with Gasteiger partial charge in [-0.3, -0.25) is 9.59 Å². The molecule has 0 saturated carbocycles. The van der Waals surface area contributed by atoms with E-state index in [-0.39, 0.29) is 12.8 Å². The average Bonchev–Trinajstić information content (AvgIpc) is 2.94. The molecule has 0 fully saturated rings. The summed E-state index contributed by atoms with van der Waals surface area (Å²) in [6, 6.07) is 0. The van der Waals surface area contributed by atoms with Crippen molar-refractivity contribution in [2.24, 2.45) is 0 Å². The summed E-state index contributed by atoms with van der Waals surface area (Å²) in [5.74, 6) is -1.34. The van der Waals surface area contributed by atoms with Crippen molar-refractivity contribution in [3.8, 4) is 0 Å². The van der Waals surface area contributed by atoms with Gasteiger partial charge in [0.15, 0.2) is 0 Å². The minimum atomic E-state index is -0.951. The van der Waals surface area contributed by atoms with Gasteiger partial charge in [0, 0.05) is 0 Å². The first-order valence-electron chi connectivity index (χ1n) is 18.0. The second-order valence-electron chi connectivity index (χ2n) is 12.4. The van der Waals surface area contributed by atoms with Crippen molar-refractivity contribution in [3.05, 3.63) is 0 Å². The van der Waals surface area contributed by atoms with Gasteiger partial charge in [-0.15, -0.1) is 0 Å². The van der Waals surface area contributed by atoms with E-state index in [1.165, 1.54) is 180 Å². The third kappa shape index (κ3) is 35.0. The van der Waals surface area contributed by atoms with E-state index in [1.807, 2.05) is 0 Å². The van der Waals surface area contributed by atoms with Crippen molar-refractivity contribution in [1.82, 2.24) is 0 Å². The number of carboxylic acid groups (broad SMARTS) is 1. The lowest BCUT2D eigenvalue weighted by Gasteiger charge is -2.05. The molecule has 0 aliphatic rings. The Kier molecular flexibility index (Phi) is 33.2. The molecule has 0 saturated heterocycles. The van der Waals surface area contributed by atoms with Crippen molar-refractivity contribution in [2.75, 3.05) is 6.61 Å². The fourth-order valence-electron chi connectivity index (χ4n) is 5.59. The molecule has 4 nitrogen and oxygen atoms in total. The fourth-order valence-corrected chi connectivity index (χ4v) is 5.59. The van der Waals surface area contributed by atoms with E-state index in [0.717, 1.165) is 12.8 Å². The maximum Gasteiger partial charge on any atom is 0.306 e. The molecule has 40 heavy (non-hydrogen) atoms. The van der Waals surface area contributed by atoms with Crippen LogP contribution in [-0.4, -0.2) is 23.7 Å². The monoisotopic (exact) mass is 567 g/mol. The number of rotatable bonds is 34. The van der Waals surface area contributed by atoms with Gasteiger partial charge >= 0.3 is 11.9 Å². The zero-order chi connectivity index (χ0) is 29.2. The third-order valence-electron chi connectivity index (χ3n) is 8.30. The van der Waals surface area contributed by atoms with Crippen LogP contribution in [0.5, 0.6) is 0 Å². The Balaban J connectivity index is 3.07. The molecule has 0 heterocycles. The van der Waals surface area contributed by atoms with Gasteiger partial charge in [0.05, 0.1) is 19.4 Å². The summed E-state index contributed by atoms with van der Waals surface area (Å²) in [6.07, 6.45) is 41.6. The SMILES string of the molecule is CCCCCCCCCCCCCCCCCCCCCCCCCCCCCCCCOC(=O)CCC(=O)O. The highest BCUT2D eigenvalue weighted by Gasteiger charge is 2.06. The summed E-state index contributed by atoms with van der Waals surface area (Å²) < 4.78 is 5.05. The molecule has 0 aromatic carbocycles. The molecule has 0 bridgehead atoms. The predicted octanol–water partition coefficient (Wildman–Crippen LogP) is 12.1. The van der Waals surface area contributed by atoms with Crippen LogP contribution >= 0.6 is 0 Å². The Hall–Kier alpha value is -1.06. The summed E-state index contributed by atoms with van der Waals surface area (Å²) in [5, 5.41) is 8.54. The van der Waals surface area contributed by atoms with E-state index in [0.29, 0.717) is 6.61 Å². The largest absolute Gasteiger partial charge is 0.481 e. The number of hydrogen-bond donors (Lipinski definition) is 1. The minimum absolute atomic E-state index is 0.0189. The zero-order valence-corrected chi connectivity index (χ0v) is 27.0. The molecule has 0 aromatic heterocycles. The number of aliphatic carboxylic acids is 1. The smallest absolute Gasteiger partial charge is 0.306 e. The first kappa shape index (κ1) is 38.9. The molecule has 0 amide bonds. The summed E-state index contributed by atoms with van der Waals surface area (Å²) in [6.45, 7) is 2.73. The maximum atomic E-state index is 11.3. The maximum absolute atomic E-state index is 11.3. The number of carbonyl (C=O) groups is 2. The second-order valence-corrected chi connectivity index (χ2v) is 12.4. The van der Waals surface area contributed by atoms with Gasteiger partial charge in [-0.1, -0.05) is 193 Å². The van der Waals surface area contributed by atoms with E-state index >= 15 is 0 Å². The van der Waals surface area contributed by atoms with Crippen LogP contribution in [0.2, 0.25) is 0 Å². The van der Waals surface area contributed by atoms with Gasteiger partial charge in [-0.05, 0) is 6.42 Å². The van der Waals surface area contributed by atoms with Gasteiger partial charge < -0.3 is 9.84 Å². The Morgan fingerprint density at radius 3 is 0.900 bits per heavy atom. The van der Waals surface area contributed by atoms with Crippen LogP contribution in [0.1, 0.15) is 212 Å². The Bertz CT molecular complexity index is 519. The Labute approximate surface area is 250 Å². The number of carboxylic acids is 1. The van der Waals surface area contributed by atoms with E-state index < -0.39 is 11.9 Å². The first-order valence-corrected chi connectivity index (χ1v) is 18.0. The molecule has 0 unspecified atom stereocenters. The van der Waals surface area contributed by atoms with E-state index in [2.05, 4.69) is 6.92 Å². The van der Waals surface area contributed by atoms with Gasteiger partial charge in [0.1, 0.15) is 0 Å². The summed E-state index contributed by atoms with van der Waals surface area (Å²) in [7, 11) is 0. The number of unbranched alkanes of at least 4 members (excludes halogenated alkanes) is 29. The van der Waals surface area contributed by atoms with Gasteiger partial charge in [-0.2, -0.15) is 0 Å². The summed E-state index contributed by atoms with van der Waals surface area (Å²) in [5.41, 5.74) is 0. The number of ether oxygens (including phenoxy) is 1. The van der Waals surface area contributed by atoms with Crippen LogP contribution in [0.4, 0.5) is 0 Å². The second kappa shape index (κ2) is 34.1. The topological polar surface area (TPSA) is 63.6 Å². The predicted molar refractivity (Wildman–Crippen MR) is 172 cm³/mol. The van der Waals surface area contributed by atoms with Crippen LogP contribution in [-0.2, 0) is 14.3 Å². The quantitative estimate of drug-likeness (QED) is 0.0621. The van der Waals surface area contributed by atoms with E-state index in [1.54, 1.807) is 0 Å². The molecule has 0 radical (unpaired) electrons. The lowest BCUT2D eigenvalue weighted by molar-refractivity contribution is -0.147. The molecule has 4 heteroatoms. The Morgan fingerprint density at radius 2 is 0.650 bits per heavy atom. The average molecular weight is 567 g/mol. The Morgan fingerprint density at radius 1 is 0.400 bits per heavy atom. The zero-order valence-electron chi connectivity index (χ0n) is 27.0. The normalized spacial score (nSPS) is 11.2. The van der Waals surface area contributed by atoms with Crippen molar-refractivity contribution in [2.45, 2.75) is 212 Å². The van der Waals surface area contributed by atoms with E-state index in [9.17, 15) is 9.59 Å². The molecular formula is C36H70O4. The van der Waals surface area contributed by atoms with Gasteiger partial charge in [0.25, 0.3) is 0 Å². The standard InChI is InChI=1S/C36H70O4/c1-2-3-4-5-6-7-8-9-10-11-12-13-14-15-16-17-18-19-20-21-22-23-24-25-26-27-28-29-30-31-34-40-36(39)33-32-35(37)38/h2-34H2,1H3,(H,37,38). The lowest BCUT2D eigenvalue weighted by atomic mass is 10.0. The number of esters is 1. The van der Waals surface area contributed by atoms with Crippen LogP contribution in [0.25, 0.3) is 0 Å². The minimum Gasteiger partial charge on any atom is -0.481 e. The van der Waals surface area contributed by atoms with Crippen LogP contribution in [0.3, 0.4) is 0 Å². The molecule has 0 aliphatic heterocycles. The fraction of sp³-hybridized carbons (Fsp3) is 0.944. The van der Waals surface area contributed by atoms with Crippen molar-refractivity contribution in [3.63, 3.8) is 0 Å². The molecule has 0 spiro atoms. The molecular weight excluding hydrogens is 496 g/mol. The molecule has 1 N–H and O–H groups in total. The number of hydrogen-bond acceptors (Lipinski definition) is 3. The van der Waals surface area contributed by atoms with Crippen molar-refractivity contribution >= 4 is 11.9 Å². The molecule has 0 rings (SSSR count). The molecule has 0 aromatic rings. The van der Waals surface area contributed by atoms with Crippen LogP contribution in [0, 0.1) is 0 Å². The lowest BCUT2D eigenvalue weighted by Crippen LogP contribution is -2.08. The van der Waals surface area contributed by atoms with Crippen LogP contribution < -0.4 is 0 Å². The number of carbonyl (C=O) groups excluding carboxylic acids is 1. The summed E-state index contributed by atoms with van der Waals surface area (Å²) in [4.78, 5) is 21.7. The van der Waals surface area contributed by atoms with E-state index in [4.69, 9.17) is 9.84 Å². The summed E-state index contributed by atoms with van der Waals surface area (Å²) >= 11 is 0. The molecule has 238 valence electrons. The third-order valence-corrected chi connectivity index (χ3v) is 8.30. The van der Waals surface area contributed by atoms with Crippen molar-refractivity contribution < 1.29 is 19.4 Å². The highest BCUT2D eigenvalue weighted by atomic mass is 16.5. The van der Waals surface area contributed by atoms with Gasteiger partial charge in [-0.25, -0.2) is 0 Å². The molecule has 0 atom stereocenters. The van der Waals surface area contributed by atoms with Gasteiger partial charge in [0.2, 0.25) is 0 Å². The van der Waals surface area contributed by atoms with Crippen molar-refractivity contribution in [1.29, 1.82) is 0 Å².